The number of anilines is 1. The number of benzene rings is 2. The summed E-state index contributed by atoms with van der Waals surface area (Å²) in [5.74, 6) is -0.645. The Morgan fingerprint density at radius 1 is 0.893 bits per heavy atom. The summed E-state index contributed by atoms with van der Waals surface area (Å²) in [7, 11) is 0. The van der Waals surface area contributed by atoms with E-state index in [4.69, 9.17) is 14.5 Å². The zero-order valence-electron chi connectivity index (χ0n) is 16.0. The lowest BCUT2D eigenvalue weighted by Crippen LogP contribution is -2.29. The maximum absolute atomic E-state index is 11.7. The highest BCUT2D eigenvalue weighted by Crippen LogP contribution is 2.24. The zero-order valence-corrected chi connectivity index (χ0v) is 16.0. The second kappa shape index (κ2) is 8.93. The normalized spacial score (nSPS) is 14.1. The van der Waals surface area contributed by atoms with Crippen LogP contribution in [0.15, 0.2) is 66.7 Å². The molecule has 2 aromatic rings. The molecule has 146 valence electrons. The summed E-state index contributed by atoms with van der Waals surface area (Å²) in [6, 6.07) is 17.1. The number of amides is 2. The minimum absolute atomic E-state index is 0.0246. The van der Waals surface area contributed by atoms with E-state index < -0.39 is 5.60 Å². The maximum Gasteiger partial charge on any atom is 0.258 e. The molecule has 0 saturated heterocycles. The highest BCUT2D eigenvalue weighted by molar-refractivity contribution is 6.28. The van der Waals surface area contributed by atoms with Crippen molar-refractivity contribution in [2.75, 3.05) is 18.3 Å². The lowest BCUT2D eigenvalue weighted by atomic mass is 9.99. The van der Waals surface area contributed by atoms with E-state index in [0.717, 1.165) is 16.0 Å². The average Bonchev–Trinajstić information content (AvgIpc) is 3.04. The zero-order chi connectivity index (χ0) is 20.0. The standard InChI is InChI=1S/C22H23NO5/c1-22(2,18-6-4-3-5-7-18)28-27-16-26-15-14-17-8-10-19(11-9-17)23-20(24)12-13-21(23)25/h3-13H,14-16H2,1-2H3. The quantitative estimate of drug-likeness (QED) is 0.219. The fourth-order valence-electron chi connectivity index (χ4n) is 2.81. The first-order valence-corrected chi connectivity index (χ1v) is 9.06. The Bertz CT molecular complexity index is 825. The van der Waals surface area contributed by atoms with Crippen molar-refractivity contribution < 1.29 is 24.1 Å². The number of hydrogen-bond acceptors (Lipinski definition) is 5. The fraction of sp³-hybridized carbons (Fsp3) is 0.273. The van der Waals surface area contributed by atoms with Gasteiger partial charge in [-0.15, -0.1) is 0 Å². The van der Waals surface area contributed by atoms with E-state index in [1.54, 1.807) is 12.1 Å². The Labute approximate surface area is 164 Å². The van der Waals surface area contributed by atoms with Crippen LogP contribution in [0.25, 0.3) is 0 Å². The summed E-state index contributed by atoms with van der Waals surface area (Å²) >= 11 is 0. The van der Waals surface area contributed by atoms with Crippen LogP contribution in [0.5, 0.6) is 0 Å². The van der Waals surface area contributed by atoms with Crippen LogP contribution in [0.3, 0.4) is 0 Å². The van der Waals surface area contributed by atoms with E-state index in [9.17, 15) is 9.59 Å². The third-order valence-corrected chi connectivity index (χ3v) is 4.41. The van der Waals surface area contributed by atoms with Crippen molar-refractivity contribution in [3.8, 4) is 0 Å². The van der Waals surface area contributed by atoms with Crippen molar-refractivity contribution in [2.45, 2.75) is 25.9 Å². The van der Waals surface area contributed by atoms with Gasteiger partial charge >= 0.3 is 0 Å². The average molecular weight is 381 g/mol. The van der Waals surface area contributed by atoms with E-state index in [-0.39, 0.29) is 18.6 Å². The van der Waals surface area contributed by atoms with Gasteiger partial charge in [-0.05, 0) is 43.5 Å². The van der Waals surface area contributed by atoms with Crippen molar-refractivity contribution in [3.63, 3.8) is 0 Å². The fourth-order valence-corrected chi connectivity index (χ4v) is 2.81. The van der Waals surface area contributed by atoms with Crippen LogP contribution in [0.4, 0.5) is 5.69 Å². The molecule has 0 N–H and O–H groups in total. The molecule has 1 heterocycles. The first-order chi connectivity index (χ1) is 13.5. The van der Waals surface area contributed by atoms with Gasteiger partial charge in [0.2, 0.25) is 0 Å². The first kappa shape index (κ1) is 19.9. The van der Waals surface area contributed by atoms with Gasteiger partial charge in [0.15, 0.2) is 6.79 Å². The van der Waals surface area contributed by atoms with Gasteiger partial charge in [0.1, 0.15) is 5.60 Å². The lowest BCUT2D eigenvalue weighted by Gasteiger charge is -2.23. The van der Waals surface area contributed by atoms with Crippen LogP contribution in [0, 0.1) is 0 Å². The highest BCUT2D eigenvalue weighted by atomic mass is 17.2. The molecule has 6 heteroatoms. The molecule has 2 aromatic carbocycles. The van der Waals surface area contributed by atoms with Crippen LogP contribution in [0.1, 0.15) is 25.0 Å². The SMILES string of the molecule is CC(C)(OOCOCCc1ccc(N2C(=O)C=CC2=O)cc1)c1ccccc1. The van der Waals surface area contributed by atoms with Crippen LogP contribution >= 0.6 is 0 Å². The lowest BCUT2D eigenvalue weighted by molar-refractivity contribution is -0.389. The summed E-state index contributed by atoms with van der Waals surface area (Å²) < 4.78 is 5.46. The Morgan fingerprint density at radius 2 is 1.54 bits per heavy atom. The van der Waals surface area contributed by atoms with Gasteiger partial charge in [-0.25, -0.2) is 14.7 Å². The van der Waals surface area contributed by atoms with Crippen LogP contribution < -0.4 is 4.90 Å². The smallest absolute Gasteiger partial charge is 0.258 e. The molecule has 2 amide bonds. The summed E-state index contributed by atoms with van der Waals surface area (Å²) in [5, 5.41) is 0. The van der Waals surface area contributed by atoms with Gasteiger partial charge < -0.3 is 4.74 Å². The Hall–Kier alpha value is -2.80. The molecule has 0 spiro atoms. The molecule has 28 heavy (non-hydrogen) atoms. The van der Waals surface area contributed by atoms with E-state index in [2.05, 4.69) is 0 Å². The van der Waals surface area contributed by atoms with Crippen LogP contribution in [0.2, 0.25) is 0 Å². The molecule has 1 aliphatic rings. The molecule has 0 fully saturated rings. The molecule has 0 saturated carbocycles. The van der Waals surface area contributed by atoms with E-state index in [0.29, 0.717) is 18.7 Å². The molecule has 0 unspecified atom stereocenters. The topological polar surface area (TPSA) is 65.1 Å². The highest BCUT2D eigenvalue weighted by Gasteiger charge is 2.25. The second-order valence-electron chi connectivity index (χ2n) is 6.87. The van der Waals surface area contributed by atoms with Crippen molar-refractivity contribution >= 4 is 17.5 Å². The first-order valence-electron chi connectivity index (χ1n) is 9.06. The van der Waals surface area contributed by atoms with Gasteiger partial charge in [0.25, 0.3) is 11.8 Å². The minimum Gasteiger partial charge on any atom is -0.352 e. The van der Waals surface area contributed by atoms with E-state index in [1.807, 2.05) is 56.3 Å². The number of carbonyl (C=O) groups is 2. The van der Waals surface area contributed by atoms with Crippen molar-refractivity contribution in [1.29, 1.82) is 0 Å². The molecule has 0 radical (unpaired) electrons. The van der Waals surface area contributed by atoms with Gasteiger partial charge in [0, 0.05) is 12.2 Å². The number of carbonyl (C=O) groups excluding carboxylic acids is 2. The number of rotatable bonds is 9. The predicted octanol–water partition coefficient (Wildman–Crippen LogP) is 3.52. The van der Waals surface area contributed by atoms with Gasteiger partial charge in [-0.2, -0.15) is 0 Å². The number of imide groups is 1. The van der Waals surface area contributed by atoms with Gasteiger partial charge in [0.05, 0.1) is 12.3 Å². The van der Waals surface area contributed by atoms with E-state index in [1.165, 1.54) is 12.2 Å². The Kier molecular flexibility index (Phi) is 6.36. The summed E-state index contributed by atoms with van der Waals surface area (Å²) in [6.07, 6.45) is 3.21. The molecule has 1 aliphatic heterocycles. The molecular weight excluding hydrogens is 358 g/mol. The molecule has 0 aliphatic carbocycles. The molecular formula is C22H23NO5. The number of hydrogen-bond donors (Lipinski definition) is 0. The van der Waals surface area contributed by atoms with Gasteiger partial charge in [-0.3, -0.25) is 9.59 Å². The molecule has 3 rings (SSSR count). The maximum atomic E-state index is 11.7. The third-order valence-electron chi connectivity index (χ3n) is 4.41. The summed E-state index contributed by atoms with van der Waals surface area (Å²) in [5.41, 5.74) is 2.03. The number of ether oxygens (including phenoxy) is 1. The van der Waals surface area contributed by atoms with Crippen molar-refractivity contribution in [1.82, 2.24) is 0 Å². The summed E-state index contributed by atoms with van der Waals surface area (Å²) in [6.45, 7) is 4.33. The monoisotopic (exact) mass is 381 g/mol. The van der Waals surface area contributed by atoms with Crippen LogP contribution in [-0.4, -0.2) is 25.2 Å². The Morgan fingerprint density at radius 3 is 2.18 bits per heavy atom. The Balaban J connectivity index is 1.38. The second-order valence-corrected chi connectivity index (χ2v) is 6.87. The largest absolute Gasteiger partial charge is 0.352 e. The molecule has 6 nitrogen and oxygen atoms in total. The van der Waals surface area contributed by atoms with Crippen molar-refractivity contribution in [3.05, 3.63) is 77.9 Å². The van der Waals surface area contributed by atoms with Crippen molar-refractivity contribution in [2.24, 2.45) is 0 Å². The molecule has 0 aromatic heterocycles. The molecule has 0 atom stereocenters. The van der Waals surface area contributed by atoms with Gasteiger partial charge in [-0.1, -0.05) is 42.5 Å². The number of nitrogens with zero attached hydrogens (tertiary/aromatic N) is 1. The van der Waals surface area contributed by atoms with E-state index >= 15 is 0 Å². The third kappa shape index (κ3) is 4.92. The predicted molar refractivity (Wildman–Crippen MR) is 104 cm³/mol. The summed E-state index contributed by atoms with van der Waals surface area (Å²) in [4.78, 5) is 35.1. The van der Waals surface area contributed by atoms with Crippen LogP contribution in [-0.2, 0) is 36.1 Å². The minimum atomic E-state index is -0.570. The molecule has 0 bridgehead atoms.